The molecule has 0 saturated carbocycles. The Balaban J connectivity index is 1.77. The Kier molecular flexibility index (Phi) is 8.35. The highest BCUT2D eigenvalue weighted by Gasteiger charge is 2.15. The molecule has 0 bridgehead atoms. The lowest BCUT2D eigenvalue weighted by Crippen LogP contribution is -2.35. The molecule has 0 aromatic heterocycles. The molecule has 5 nitrogen and oxygen atoms in total. The minimum Gasteiger partial charge on any atom is -0.492 e. The van der Waals surface area contributed by atoms with Crippen molar-refractivity contribution in [1.29, 1.82) is 0 Å². The predicted molar refractivity (Wildman–Crippen MR) is 118 cm³/mol. The fourth-order valence-corrected chi connectivity index (χ4v) is 3.51. The largest absolute Gasteiger partial charge is 0.492 e. The van der Waals surface area contributed by atoms with E-state index >= 15 is 0 Å². The molecule has 0 saturated heterocycles. The highest BCUT2D eigenvalue weighted by Crippen LogP contribution is 2.27. The lowest BCUT2D eigenvalue weighted by molar-refractivity contribution is -0.133. The average Bonchev–Trinajstić information content (AvgIpc) is 2.63. The molecular weight excluding hydrogens is 411 g/mol. The second-order valence-corrected chi connectivity index (χ2v) is 7.94. The van der Waals surface area contributed by atoms with Crippen molar-refractivity contribution in [3.05, 3.63) is 57.1 Å². The Morgan fingerprint density at radius 3 is 2.34 bits per heavy atom. The van der Waals surface area contributed by atoms with E-state index < -0.39 is 0 Å². The van der Waals surface area contributed by atoms with E-state index in [1.54, 1.807) is 25.2 Å². The van der Waals surface area contributed by atoms with Crippen LogP contribution >= 0.6 is 23.2 Å². The molecule has 7 heteroatoms. The molecule has 2 rings (SSSR count). The van der Waals surface area contributed by atoms with Crippen LogP contribution in [0, 0.1) is 20.8 Å². The average molecular weight is 437 g/mol. The Labute approximate surface area is 181 Å². The number of halogens is 2. The molecule has 0 atom stereocenters. The first kappa shape index (κ1) is 23.0. The smallest absolute Gasteiger partial charge is 0.243 e. The predicted octanol–water partition coefficient (Wildman–Crippen LogP) is 5.17. The Hall–Kier alpha value is -2.24. The van der Waals surface area contributed by atoms with Crippen molar-refractivity contribution in [1.82, 2.24) is 4.90 Å². The Bertz CT molecular complexity index is 877. The van der Waals surface area contributed by atoms with Gasteiger partial charge >= 0.3 is 0 Å². The molecular formula is C22H26Cl2N2O3. The number of carbonyl (C=O) groups excluding carboxylic acids is 2. The number of carbonyl (C=O) groups is 2. The van der Waals surface area contributed by atoms with Crippen LogP contribution in [-0.4, -0.2) is 36.9 Å². The third-order valence-electron chi connectivity index (χ3n) is 4.43. The number of ether oxygens (including phenoxy) is 1. The Morgan fingerprint density at radius 2 is 1.72 bits per heavy atom. The standard InChI is InChI=1S/C22H26Cl2N2O3/c1-14-10-15(2)22(16(3)11-14)25-20(27)13-26(4)21(28)6-5-9-29-19-8-7-17(23)12-18(19)24/h7-8,10-12H,5-6,9,13H2,1-4H3,(H,25,27). The molecule has 0 radical (unpaired) electrons. The molecule has 0 aliphatic heterocycles. The molecule has 0 heterocycles. The van der Waals surface area contributed by atoms with Crippen LogP contribution in [0.15, 0.2) is 30.3 Å². The summed E-state index contributed by atoms with van der Waals surface area (Å²) in [6, 6.07) is 9.03. The quantitative estimate of drug-likeness (QED) is 0.580. The van der Waals surface area contributed by atoms with E-state index in [1.807, 2.05) is 32.9 Å². The zero-order valence-electron chi connectivity index (χ0n) is 17.1. The summed E-state index contributed by atoms with van der Waals surface area (Å²) in [6.07, 6.45) is 0.789. The summed E-state index contributed by atoms with van der Waals surface area (Å²) in [5.41, 5.74) is 3.95. The molecule has 2 amide bonds. The van der Waals surface area contributed by atoms with Gasteiger partial charge in [0, 0.05) is 24.2 Å². The van der Waals surface area contributed by atoms with E-state index in [-0.39, 0.29) is 24.8 Å². The van der Waals surface area contributed by atoms with Gasteiger partial charge in [0.15, 0.2) is 0 Å². The number of aryl methyl sites for hydroxylation is 3. The van der Waals surface area contributed by atoms with E-state index in [2.05, 4.69) is 5.32 Å². The van der Waals surface area contributed by atoms with E-state index in [4.69, 9.17) is 27.9 Å². The summed E-state index contributed by atoms with van der Waals surface area (Å²) in [7, 11) is 1.62. The summed E-state index contributed by atoms with van der Waals surface area (Å²) >= 11 is 11.9. The molecule has 2 aromatic carbocycles. The summed E-state index contributed by atoms with van der Waals surface area (Å²) in [5, 5.41) is 3.87. The van der Waals surface area contributed by atoms with Gasteiger partial charge in [-0.05, 0) is 56.5 Å². The first-order valence-electron chi connectivity index (χ1n) is 9.37. The molecule has 0 fully saturated rings. The van der Waals surface area contributed by atoms with Gasteiger partial charge in [0.05, 0.1) is 18.2 Å². The van der Waals surface area contributed by atoms with Crippen LogP contribution in [0.3, 0.4) is 0 Å². The minimum absolute atomic E-state index is 0.00450. The highest BCUT2D eigenvalue weighted by molar-refractivity contribution is 6.35. The highest BCUT2D eigenvalue weighted by atomic mass is 35.5. The third-order valence-corrected chi connectivity index (χ3v) is 4.96. The van der Waals surface area contributed by atoms with Crippen LogP contribution in [0.1, 0.15) is 29.5 Å². The van der Waals surface area contributed by atoms with Gasteiger partial charge in [-0.15, -0.1) is 0 Å². The molecule has 2 aromatic rings. The topological polar surface area (TPSA) is 58.6 Å². The fourth-order valence-electron chi connectivity index (χ4n) is 3.05. The van der Waals surface area contributed by atoms with Crippen LogP contribution in [0.25, 0.3) is 0 Å². The maximum Gasteiger partial charge on any atom is 0.243 e. The number of hydrogen-bond acceptors (Lipinski definition) is 3. The van der Waals surface area contributed by atoms with Crippen molar-refractivity contribution < 1.29 is 14.3 Å². The Morgan fingerprint density at radius 1 is 1.07 bits per heavy atom. The lowest BCUT2D eigenvalue weighted by Gasteiger charge is -2.18. The number of rotatable bonds is 8. The van der Waals surface area contributed by atoms with Gasteiger partial charge in [0.2, 0.25) is 11.8 Å². The number of hydrogen-bond donors (Lipinski definition) is 1. The fraction of sp³-hybridized carbons (Fsp3) is 0.364. The summed E-state index contributed by atoms with van der Waals surface area (Å²) < 4.78 is 5.58. The second-order valence-electron chi connectivity index (χ2n) is 7.10. The normalized spacial score (nSPS) is 10.6. The maximum absolute atomic E-state index is 12.3. The van der Waals surface area contributed by atoms with Crippen LogP contribution in [0.5, 0.6) is 5.75 Å². The summed E-state index contributed by atoms with van der Waals surface area (Å²) in [4.78, 5) is 26.0. The minimum atomic E-state index is -0.222. The first-order chi connectivity index (χ1) is 13.7. The number of benzene rings is 2. The van der Waals surface area contributed by atoms with E-state index in [1.165, 1.54) is 4.90 Å². The van der Waals surface area contributed by atoms with Gasteiger partial charge in [-0.3, -0.25) is 9.59 Å². The van der Waals surface area contributed by atoms with Crippen LogP contribution in [0.4, 0.5) is 5.69 Å². The maximum atomic E-state index is 12.3. The zero-order chi connectivity index (χ0) is 21.6. The van der Waals surface area contributed by atoms with Crippen molar-refractivity contribution in [2.75, 3.05) is 25.5 Å². The summed E-state index contributed by atoms with van der Waals surface area (Å²) in [5.74, 6) is 0.184. The molecule has 0 spiro atoms. The van der Waals surface area contributed by atoms with Crippen LogP contribution in [-0.2, 0) is 9.59 Å². The van der Waals surface area contributed by atoms with E-state index in [9.17, 15) is 9.59 Å². The van der Waals surface area contributed by atoms with Gasteiger partial charge in [-0.25, -0.2) is 0 Å². The molecule has 156 valence electrons. The first-order valence-corrected chi connectivity index (χ1v) is 10.1. The SMILES string of the molecule is Cc1cc(C)c(NC(=O)CN(C)C(=O)CCCOc2ccc(Cl)cc2Cl)c(C)c1. The molecule has 0 aliphatic carbocycles. The molecule has 1 N–H and O–H groups in total. The van der Waals surface area contributed by atoms with Gasteiger partial charge in [-0.2, -0.15) is 0 Å². The van der Waals surface area contributed by atoms with Gasteiger partial charge in [-0.1, -0.05) is 40.9 Å². The van der Waals surface area contributed by atoms with Crippen molar-refractivity contribution in [3.63, 3.8) is 0 Å². The molecule has 29 heavy (non-hydrogen) atoms. The van der Waals surface area contributed by atoms with Crippen molar-refractivity contribution in [2.24, 2.45) is 0 Å². The van der Waals surface area contributed by atoms with Crippen molar-refractivity contribution in [2.45, 2.75) is 33.6 Å². The van der Waals surface area contributed by atoms with E-state index in [0.717, 1.165) is 22.4 Å². The third kappa shape index (κ3) is 6.94. The molecule has 0 aliphatic rings. The van der Waals surface area contributed by atoms with Gasteiger partial charge in [0.25, 0.3) is 0 Å². The molecule has 0 unspecified atom stereocenters. The number of likely N-dealkylation sites (N-methyl/N-ethyl adjacent to an activating group) is 1. The van der Waals surface area contributed by atoms with Crippen LogP contribution in [0.2, 0.25) is 10.0 Å². The zero-order valence-corrected chi connectivity index (χ0v) is 18.7. The monoisotopic (exact) mass is 436 g/mol. The lowest BCUT2D eigenvalue weighted by atomic mass is 10.1. The van der Waals surface area contributed by atoms with Crippen LogP contribution < -0.4 is 10.1 Å². The number of amides is 2. The number of nitrogens with one attached hydrogen (secondary N) is 1. The van der Waals surface area contributed by atoms with E-state index in [0.29, 0.717) is 28.8 Å². The summed E-state index contributed by atoms with van der Waals surface area (Å²) in [6.45, 7) is 6.27. The number of anilines is 1. The van der Waals surface area contributed by atoms with Gasteiger partial charge < -0.3 is 15.0 Å². The van der Waals surface area contributed by atoms with Crippen molar-refractivity contribution >= 4 is 40.7 Å². The van der Waals surface area contributed by atoms with Gasteiger partial charge in [0.1, 0.15) is 5.75 Å². The number of nitrogens with zero attached hydrogens (tertiary/aromatic N) is 1. The van der Waals surface area contributed by atoms with Crippen molar-refractivity contribution in [3.8, 4) is 5.75 Å². The second kappa shape index (κ2) is 10.5.